The lowest BCUT2D eigenvalue weighted by atomic mass is 9.78. The molecule has 0 saturated carbocycles. The molecule has 5 rings (SSSR count). The Kier molecular flexibility index (Phi) is 7.06. The Labute approximate surface area is 220 Å². The van der Waals surface area contributed by atoms with Crippen molar-refractivity contribution in [1.29, 1.82) is 0 Å². The highest BCUT2D eigenvalue weighted by molar-refractivity contribution is 6.04. The van der Waals surface area contributed by atoms with E-state index in [2.05, 4.69) is 15.3 Å². The smallest absolute Gasteiger partial charge is 0.381 e. The SMILES string of the molecule is Cc1ccc(NC(=O)c2ccnc(C(F)(F)F)c2)cc1-c1cnc2c(c1)C1CCOCC1C(=O)N2CC(F)F. The van der Waals surface area contributed by atoms with Crippen LogP contribution in [0.1, 0.15) is 39.5 Å². The van der Waals surface area contributed by atoms with Gasteiger partial charge in [0.25, 0.3) is 12.3 Å². The second-order valence-corrected chi connectivity index (χ2v) is 9.46. The number of carbonyl (C=O) groups is 2. The second kappa shape index (κ2) is 10.3. The van der Waals surface area contributed by atoms with Crippen LogP contribution in [0.4, 0.5) is 33.5 Å². The Hall–Kier alpha value is -3.93. The average Bonchev–Trinajstić information content (AvgIpc) is 2.91. The van der Waals surface area contributed by atoms with Crippen LogP contribution in [0.2, 0.25) is 0 Å². The number of hydrogen-bond donors (Lipinski definition) is 1. The number of aromatic nitrogens is 2. The summed E-state index contributed by atoms with van der Waals surface area (Å²) in [7, 11) is 0. The Morgan fingerprint density at radius 1 is 1.15 bits per heavy atom. The largest absolute Gasteiger partial charge is 0.433 e. The van der Waals surface area contributed by atoms with E-state index < -0.39 is 42.6 Å². The lowest BCUT2D eigenvalue weighted by Crippen LogP contribution is -2.49. The Bertz CT molecular complexity index is 1430. The first-order chi connectivity index (χ1) is 18.5. The van der Waals surface area contributed by atoms with E-state index in [1.807, 2.05) is 13.0 Å². The molecule has 1 aromatic carbocycles. The number of hydrogen-bond acceptors (Lipinski definition) is 5. The molecule has 2 aromatic heterocycles. The third-order valence-electron chi connectivity index (χ3n) is 6.93. The molecule has 4 heterocycles. The van der Waals surface area contributed by atoms with Gasteiger partial charge < -0.3 is 10.1 Å². The van der Waals surface area contributed by atoms with Crippen LogP contribution in [0.25, 0.3) is 11.1 Å². The van der Waals surface area contributed by atoms with Crippen molar-refractivity contribution in [2.45, 2.75) is 31.9 Å². The van der Waals surface area contributed by atoms with Gasteiger partial charge in [-0.2, -0.15) is 13.2 Å². The van der Waals surface area contributed by atoms with Gasteiger partial charge >= 0.3 is 6.18 Å². The minimum absolute atomic E-state index is 0.137. The summed E-state index contributed by atoms with van der Waals surface area (Å²) in [6, 6.07) is 8.70. The van der Waals surface area contributed by atoms with Crippen LogP contribution in [0.5, 0.6) is 0 Å². The van der Waals surface area contributed by atoms with Gasteiger partial charge in [0.15, 0.2) is 0 Å². The molecule has 12 heteroatoms. The first kappa shape index (κ1) is 26.7. The number of anilines is 2. The first-order valence-corrected chi connectivity index (χ1v) is 12.2. The molecular formula is C27H23F5N4O3. The highest BCUT2D eigenvalue weighted by Gasteiger charge is 2.43. The Morgan fingerprint density at radius 3 is 2.69 bits per heavy atom. The summed E-state index contributed by atoms with van der Waals surface area (Å²) in [5.74, 6) is -1.80. The number of benzene rings is 1. The quantitative estimate of drug-likeness (QED) is 0.430. The topological polar surface area (TPSA) is 84.4 Å². The van der Waals surface area contributed by atoms with E-state index in [1.54, 1.807) is 18.2 Å². The van der Waals surface area contributed by atoms with Gasteiger partial charge in [0.1, 0.15) is 11.5 Å². The predicted octanol–water partition coefficient (Wildman–Crippen LogP) is 5.45. The summed E-state index contributed by atoms with van der Waals surface area (Å²) in [5, 5.41) is 2.61. The van der Waals surface area contributed by atoms with Crippen LogP contribution < -0.4 is 10.2 Å². The van der Waals surface area contributed by atoms with Crippen molar-refractivity contribution >= 4 is 23.3 Å². The van der Waals surface area contributed by atoms with Crippen molar-refractivity contribution in [2.24, 2.45) is 5.92 Å². The fraction of sp³-hybridized carbons (Fsp3) is 0.333. The fourth-order valence-electron chi connectivity index (χ4n) is 5.03. The van der Waals surface area contributed by atoms with Gasteiger partial charge in [-0.15, -0.1) is 0 Å². The molecule has 39 heavy (non-hydrogen) atoms. The van der Waals surface area contributed by atoms with Gasteiger partial charge in [0.05, 0.1) is 19.1 Å². The van der Waals surface area contributed by atoms with Crippen molar-refractivity contribution in [1.82, 2.24) is 9.97 Å². The number of rotatable bonds is 5. The average molecular weight is 546 g/mol. The highest BCUT2D eigenvalue weighted by atomic mass is 19.4. The molecule has 0 aliphatic carbocycles. The van der Waals surface area contributed by atoms with Crippen LogP contribution in [0, 0.1) is 12.8 Å². The number of aryl methyl sites for hydroxylation is 1. The summed E-state index contributed by atoms with van der Waals surface area (Å²) in [4.78, 5) is 34.4. The van der Waals surface area contributed by atoms with E-state index in [9.17, 15) is 31.5 Å². The molecule has 2 aliphatic rings. The van der Waals surface area contributed by atoms with Gasteiger partial charge in [-0.05, 0) is 60.4 Å². The number of fused-ring (bicyclic) bond motifs is 3. The van der Waals surface area contributed by atoms with Crippen LogP contribution in [-0.4, -0.2) is 48.0 Å². The maximum atomic E-state index is 13.3. The van der Waals surface area contributed by atoms with E-state index in [-0.39, 0.29) is 23.9 Å². The molecule has 2 unspecified atom stereocenters. The van der Waals surface area contributed by atoms with E-state index in [0.717, 1.165) is 16.7 Å². The van der Waals surface area contributed by atoms with Crippen molar-refractivity contribution in [2.75, 3.05) is 30.0 Å². The van der Waals surface area contributed by atoms with Gasteiger partial charge in [-0.25, -0.2) is 13.8 Å². The summed E-state index contributed by atoms with van der Waals surface area (Å²) in [6.07, 6.45) is -4.48. The molecular weight excluding hydrogens is 523 g/mol. The van der Waals surface area contributed by atoms with Crippen molar-refractivity contribution in [3.05, 3.63) is 71.2 Å². The van der Waals surface area contributed by atoms with Gasteiger partial charge in [0, 0.05) is 41.7 Å². The summed E-state index contributed by atoms with van der Waals surface area (Å²) in [6.45, 7) is 1.63. The molecule has 0 radical (unpaired) electrons. The van der Waals surface area contributed by atoms with Crippen LogP contribution in [0.15, 0.2) is 48.8 Å². The Balaban J connectivity index is 1.47. The second-order valence-electron chi connectivity index (χ2n) is 9.46. The molecule has 1 saturated heterocycles. The number of amides is 2. The van der Waals surface area contributed by atoms with Crippen molar-refractivity contribution < 1.29 is 36.3 Å². The molecule has 2 atom stereocenters. The third kappa shape index (κ3) is 5.33. The number of pyridine rings is 2. The van der Waals surface area contributed by atoms with Gasteiger partial charge in [-0.1, -0.05) is 6.07 Å². The fourth-order valence-corrected chi connectivity index (χ4v) is 5.03. The molecule has 0 spiro atoms. The zero-order chi connectivity index (χ0) is 27.9. The minimum atomic E-state index is -4.69. The molecule has 0 bridgehead atoms. The van der Waals surface area contributed by atoms with E-state index in [4.69, 9.17) is 4.74 Å². The van der Waals surface area contributed by atoms with Gasteiger partial charge in [-0.3, -0.25) is 19.5 Å². The molecule has 7 nitrogen and oxygen atoms in total. The molecule has 2 amide bonds. The molecule has 1 N–H and O–H groups in total. The number of nitrogens with zero attached hydrogens (tertiary/aromatic N) is 3. The summed E-state index contributed by atoms with van der Waals surface area (Å²) < 4.78 is 71.1. The van der Waals surface area contributed by atoms with Crippen molar-refractivity contribution in [3.63, 3.8) is 0 Å². The molecule has 2 aliphatic heterocycles. The van der Waals surface area contributed by atoms with Crippen LogP contribution in [-0.2, 0) is 15.7 Å². The number of nitrogens with one attached hydrogen (secondary N) is 1. The maximum absolute atomic E-state index is 13.3. The van der Waals surface area contributed by atoms with Crippen LogP contribution >= 0.6 is 0 Å². The van der Waals surface area contributed by atoms with E-state index in [0.29, 0.717) is 41.5 Å². The molecule has 3 aromatic rings. The standard InChI is InChI=1S/C27H23F5N4O3/c1-14-2-3-17(35-25(37)15-4-6-33-22(9-15)27(30,31)32)10-19(14)16-8-20-18-5-7-39-13-21(18)26(38)36(12-23(28)29)24(20)34-11-16/h2-4,6,8-11,18,21,23H,5,7,12-13H2,1H3,(H,35,37). The van der Waals surface area contributed by atoms with E-state index in [1.165, 1.54) is 12.3 Å². The lowest BCUT2D eigenvalue weighted by Gasteiger charge is -2.40. The normalized spacial score (nSPS) is 19.1. The number of ether oxygens (including phenoxy) is 1. The molecule has 204 valence electrons. The minimum Gasteiger partial charge on any atom is -0.381 e. The zero-order valence-electron chi connectivity index (χ0n) is 20.6. The summed E-state index contributed by atoms with van der Waals surface area (Å²) in [5.41, 5.74) is 1.76. The van der Waals surface area contributed by atoms with Crippen LogP contribution in [0.3, 0.4) is 0 Å². The monoisotopic (exact) mass is 546 g/mol. The predicted molar refractivity (Wildman–Crippen MR) is 132 cm³/mol. The number of halogens is 5. The number of carbonyl (C=O) groups excluding carboxylic acids is 2. The zero-order valence-corrected chi connectivity index (χ0v) is 20.6. The molecule has 1 fully saturated rings. The lowest BCUT2D eigenvalue weighted by molar-refractivity contribution is -0.141. The highest BCUT2D eigenvalue weighted by Crippen LogP contribution is 2.44. The van der Waals surface area contributed by atoms with Crippen molar-refractivity contribution in [3.8, 4) is 11.1 Å². The first-order valence-electron chi connectivity index (χ1n) is 12.2. The Morgan fingerprint density at radius 2 is 1.95 bits per heavy atom. The van der Waals surface area contributed by atoms with Gasteiger partial charge in [0.2, 0.25) is 5.91 Å². The third-order valence-corrected chi connectivity index (χ3v) is 6.93. The summed E-state index contributed by atoms with van der Waals surface area (Å²) >= 11 is 0. The van der Waals surface area contributed by atoms with E-state index >= 15 is 0 Å². The maximum Gasteiger partial charge on any atom is 0.433 e. The number of alkyl halides is 5.